The lowest BCUT2D eigenvalue weighted by Gasteiger charge is -2.05. The minimum atomic E-state index is -0.352. The maximum atomic E-state index is 11.5. The van der Waals surface area contributed by atoms with Gasteiger partial charge in [0, 0.05) is 11.9 Å². The number of rotatable bonds is 3. The molecule has 0 atom stereocenters. The summed E-state index contributed by atoms with van der Waals surface area (Å²) in [5.74, 6) is 0.385. The maximum absolute atomic E-state index is 11.5. The zero-order valence-electron chi connectivity index (χ0n) is 10.7. The Bertz CT molecular complexity index is 558. The molecular formula is C13H15N3O2. The summed E-state index contributed by atoms with van der Waals surface area (Å²) in [5.41, 5.74) is 2.45. The minimum Gasteiger partial charge on any atom is -0.462 e. The lowest BCUT2D eigenvalue weighted by atomic mass is 10.3. The molecule has 0 N–H and O–H groups in total. The van der Waals surface area contributed by atoms with Crippen molar-refractivity contribution in [3.63, 3.8) is 0 Å². The molecule has 2 aromatic heterocycles. The smallest absolute Gasteiger partial charge is 0.339 e. The van der Waals surface area contributed by atoms with Gasteiger partial charge < -0.3 is 4.74 Å². The second-order valence-corrected chi connectivity index (χ2v) is 3.91. The number of aromatic nitrogens is 3. The molecule has 94 valence electrons. The van der Waals surface area contributed by atoms with Crippen LogP contribution in [0.15, 0.2) is 24.7 Å². The Morgan fingerprint density at radius 3 is 2.61 bits per heavy atom. The van der Waals surface area contributed by atoms with Crippen molar-refractivity contribution in [1.82, 2.24) is 14.5 Å². The molecule has 5 nitrogen and oxygen atoms in total. The first-order chi connectivity index (χ1) is 8.63. The Hall–Kier alpha value is -2.17. The van der Waals surface area contributed by atoms with Crippen LogP contribution in [0.5, 0.6) is 0 Å². The van der Waals surface area contributed by atoms with Crippen LogP contribution in [-0.2, 0) is 4.74 Å². The van der Waals surface area contributed by atoms with Crippen molar-refractivity contribution >= 4 is 5.97 Å². The highest BCUT2D eigenvalue weighted by Crippen LogP contribution is 2.12. The largest absolute Gasteiger partial charge is 0.462 e. The van der Waals surface area contributed by atoms with Crippen molar-refractivity contribution in [1.29, 1.82) is 0 Å². The van der Waals surface area contributed by atoms with E-state index in [9.17, 15) is 4.79 Å². The minimum absolute atomic E-state index is 0.352. The molecule has 0 fully saturated rings. The summed E-state index contributed by atoms with van der Waals surface area (Å²) in [6.07, 6.45) is 3.24. The molecule has 0 spiro atoms. The van der Waals surface area contributed by atoms with Gasteiger partial charge in [0.05, 0.1) is 17.9 Å². The number of hydrogen-bond acceptors (Lipinski definition) is 4. The third-order valence-electron chi connectivity index (χ3n) is 2.76. The summed E-state index contributed by atoms with van der Waals surface area (Å²) in [6, 6.07) is 3.48. The number of pyridine rings is 1. The van der Waals surface area contributed by atoms with Gasteiger partial charge in [0.15, 0.2) is 0 Å². The van der Waals surface area contributed by atoms with Crippen LogP contribution in [0, 0.1) is 13.8 Å². The molecule has 0 aliphatic rings. The number of carbonyl (C=O) groups excluding carboxylic acids is 1. The Morgan fingerprint density at radius 2 is 2.11 bits per heavy atom. The van der Waals surface area contributed by atoms with E-state index >= 15 is 0 Å². The van der Waals surface area contributed by atoms with Crippen LogP contribution in [0.2, 0.25) is 0 Å². The highest BCUT2D eigenvalue weighted by Gasteiger charge is 2.09. The number of hydrogen-bond donors (Lipinski definition) is 0. The predicted octanol–water partition coefficient (Wildman–Crippen LogP) is 2.06. The van der Waals surface area contributed by atoms with Crippen LogP contribution in [-0.4, -0.2) is 27.1 Å². The van der Waals surface area contributed by atoms with E-state index in [0.29, 0.717) is 12.2 Å². The molecule has 0 aliphatic heterocycles. The summed E-state index contributed by atoms with van der Waals surface area (Å²) < 4.78 is 6.78. The van der Waals surface area contributed by atoms with Crippen LogP contribution < -0.4 is 0 Å². The molecule has 0 unspecified atom stereocenters. The van der Waals surface area contributed by atoms with E-state index in [0.717, 1.165) is 17.2 Å². The van der Waals surface area contributed by atoms with Gasteiger partial charge >= 0.3 is 5.97 Å². The van der Waals surface area contributed by atoms with Crippen molar-refractivity contribution < 1.29 is 9.53 Å². The van der Waals surface area contributed by atoms with E-state index < -0.39 is 0 Å². The van der Waals surface area contributed by atoms with Crippen molar-refractivity contribution in [3.05, 3.63) is 41.6 Å². The summed E-state index contributed by atoms with van der Waals surface area (Å²) in [4.78, 5) is 19.9. The van der Waals surface area contributed by atoms with Gasteiger partial charge in [-0.1, -0.05) is 0 Å². The van der Waals surface area contributed by atoms with Gasteiger partial charge in [0.1, 0.15) is 12.1 Å². The molecule has 0 amide bonds. The van der Waals surface area contributed by atoms with Crippen LogP contribution in [0.1, 0.15) is 28.7 Å². The fraction of sp³-hybridized carbons (Fsp3) is 0.308. The van der Waals surface area contributed by atoms with Crippen molar-refractivity contribution in [2.45, 2.75) is 20.8 Å². The molecular weight excluding hydrogens is 230 g/mol. The number of imidazole rings is 1. The number of ether oxygens (including phenoxy) is 1. The molecule has 2 heterocycles. The third-order valence-corrected chi connectivity index (χ3v) is 2.76. The Balaban J connectivity index is 2.28. The lowest BCUT2D eigenvalue weighted by Crippen LogP contribution is -2.06. The second-order valence-electron chi connectivity index (χ2n) is 3.91. The number of nitrogens with zero attached hydrogens (tertiary/aromatic N) is 3. The monoisotopic (exact) mass is 245 g/mol. The Kier molecular flexibility index (Phi) is 3.41. The molecule has 2 aromatic rings. The standard InChI is InChI=1S/C13H15N3O2/c1-4-18-13(17)11-5-6-12(14-7-11)16-8-15-9(2)10(16)3/h5-8H,4H2,1-3H3. The third kappa shape index (κ3) is 2.25. The summed E-state index contributed by atoms with van der Waals surface area (Å²) >= 11 is 0. The molecule has 5 heteroatoms. The van der Waals surface area contributed by atoms with E-state index in [1.807, 2.05) is 18.4 Å². The summed E-state index contributed by atoms with van der Waals surface area (Å²) in [7, 11) is 0. The van der Waals surface area contributed by atoms with Gasteiger partial charge in [-0.25, -0.2) is 14.8 Å². The fourth-order valence-corrected chi connectivity index (χ4v) is 1.59. The van der Waals surface area contributed by atoms with E-state index in [4.69, 9.17) is 4.74 Å². The summed E-state index contributed by atoms with van der Waals surface area (Å²) in [5, 5.41) is 0. The maximum Gasteiger partial charge on any atom is 0.339 e. The van der Waals surface area contributed by atoms with Gasteiger partial charge in [-0.2, -0.15) is 0 Å². The highest BCUT2D eigenvalue weighted by atomic mass is 16.5. The van der Waals surface area contributed by atoms with E-state index in [-0.39, 0.29) is 5.97 Å². The van der Waals surface area contributed by atoms with E-state index in [1.165, 1.54) is 6.20 Å². The molecule has 0 bridgehead atoms. The first-order valence-corrected chi connectivity index (χ1v) is 5.77. The van der Waals surface area contributed by atoms with Crippen molar-refractivity contribution in [3.8, 4) is 5.82 Å². The highest BCUT2D eigenvalue weighted by molar-refractivity contribution is 5.89. The molecule has 0 aliphatic carbocycles. The quantitative estimate of drug-likeness (QED) is 0.777. The number of esters is 1. The molecule has 0 aromatic carbocycles. The van der Waals surface area contributed by atoms with Crippen molar-refractivity contribution in [2.24, 2.45) is 0 Å². The van der Waals surface area contributed by atoms with Gasteiger partial charge in [-0.3, -0.25) is 4.57 Å². The first-order valence-electron chi connectivity index (χ1n) is 5.77. The van der Waals surface area contributed by atoms with Gasteiger partial charge in [0.25, 0.3) is 0 Å². The average molecular weight is 245 g/mol. The van der Waals surface area contributed by atoms with Crippen LogP contribution >= 0.6 is 0 Å². The number of aryl methyl sites for hydroxylation is 1. The summed E-state index contributed by atoms with van der Waals surface area (Å²) in [6.45, 7) is 6.06. The fourth-order valence-electron chi connectivity index (χ4n) is 1.59. The topological polar surface area (TPSA) is 57.0 Å². The van der Waals surface area contributed by atoms with Crippen LogP contribution in [0.3, 0.4) is 0 Å². The van der Waals surface area contributed by atoms with Crippen LogP contribution in [0.4, 0.5) is 0 Å². The van der Waals surface area contributed by atoms with Gasteiger partial charge in [0.2, 0.25) is 0 Å². The van der Waals surface area contributed by atoms with Crippen molar-refractivity contribution in [2.75, 3.05) is 6.61 Å². The van der Waals surface area contributed by atoms with Gasteiger partial charge in [-0.15, -0.1) is 0 Å². The predicted molar refractivity (Wildman–Crippen MR) is 66.8 cm³/mol. The first kappa shape index (κ1) is 12.3. The normalized spacial score (nSPS) is 10.4. The van der Waals surface area contributed by atoms with E-state index in [1.54, 1.807) is 25.4 Å². The zero-order chi connectivity index (χ0) is 13.1. The zero-order valence-corrected chi connectivity index (χ0v) is 10.7. The van der Waals surface area contributed by atoms with Gasteiger partial charge in [-0.05, 0) is 32.9 Å². The Morgan fingerprint density at radius 1 is 1.33 bits per heavy atom. The van der Waals surface area contributed by atoms with Crippen LogP contribution in [0.25, 0.3) is 5.82 Å². The lowest BCUT2D eigenvalue weighted by molar-refractivity contribution is 0.0526. The second kappa shape index (κ2) is 5.00. The SMILES string of the molecule is CCOC(=O)c1ccc(-n2cnc(C)c2C)nc1. The number of carbonyl (C=O) groups is 1. The molecule has 0 radical (unpaired) electrons. The molecule has 2 rings (SSSR count). The van der Waals surface area contributed by atoms with E-state index in [2.05, 4.69) is 9.97 Å². The average Bonchev–Trinajstić information content (AvgIpc) is 2.71. The molecule has 0 saturated carbocycles. The molecule has 18 heavy (non-hydrogen) atoms. The molecule has 0 saturated heterocycles. The Labute approximate surface area is 105 Å².